The smallest absolute Gasteiger partial charge is 0.253 e. The van der Waals surface area contributed by atoms with Gasteiger partial charge in [-0.05, 0) is 17.7 Å². The number of sulfonamides is 1. The van der Waals surface area contributed by atoms with Crippen molar-refractivity contribution < 1.29 is 17.9 Å². The quantitative estimate of drug-likeness (QED) is 0.830. The number of likely N-dealkylation sites (tertiary alicyclic amines) is 1. The average molecular weight is 361 g/mol. The lowest BCUT2D eigenvalue weighted by Crippen LogP contribution is -2.59. The molecule has 7 nitrogen and oxygen atoms in total. The molecule has 1 N–H and O–H groups in total. The number of carbonyl (C=O) groups excluding carboxylic acids is 1. The van der Waals surface area contributed by atoms with Gasteiger partial charge in [0.2, 0.25) is 15.9 Å². The molecule has 1 aromatic heterocycles. The van der Waals surface area contributed by atoms with Crippen LogP contribution in [-0.2, 0) is 16.6 Å². The molecule has 8 heteroatoms. The molecule has 1 fully saturated rings. The lowest BCUT2D eigenvalue weighted by atomic mass is 10.1. The van der Waals surface area contributed by atoms with E-state index in [1.54, 1.807) is 42.6 Å². The number of hydrogen-bond acceptors (Lipinski definition) is 5. The van der Waals surface area contributed by atoms with Gasteiger partial charge in [0.05, 0.1) is 7.11 Å². The number of pyridine rings is 1. The van der Waals surface area contributed by atoms with Gasteiger partial charge < -0.3 is 9.64 Å². The van der Waals surface area contributed by atoms with Crippen LogP contribution < -0.4 is 9.46 Å². The molecule has 1 saturated heterocycles. The van der Waals surface area contributed by atoms with Crippen LogP contribution in [0.1, 0.15) is 15.9 Å². The molecule has 25 heavy (non-hydrogen) atoms. The molecule has 1 aliphatic rings. The number of carbonyl (C=O) groups is 1. The third-order valence-corrected chi connectivity index (χ3v) is 5.80. The monoisotopic (exact) mass is 361 g/mol. The minimum absolute atomic E-state index is 0.147. The topological polar surface area (TPSA) is 88.6 Å². The average Bonchev–Trinajstić information content (AvgIpc) is 2.59. The Kier molecular flexibility index (Phi) is 5.00. The molecule has 132 valence electrons. The van der Waals surface area contributed by atoms with Crippen LogP contribution in [-0.4, -0.2) is 49.7 Å². The molecule has 0 spiro atoms. The number of hydrogen-bond donors (Lipinski definition) is 1. The van der Waals surface area contributed by atoms with E-state index in [0.717, 1.165) is 5.56 Å². The van der Waals surface area contributed by atoms with E-state index in [2.05, 4.69) is 9.71 Å². The second-order valence-electron chi connectivity index (χ2n) is 5.77. The van der Waals surface area contributed by atoms with E-state index >= 15 is 0 Å². The minimum Gasteiger partial charge on any atom is -0.481 e. The lowest BCUT2D eigenvalue weighted by Gasteiger charge is -2.38. The zero-order valence-corrected chi connectivity index (χ0v) is 14.6. The van der Waals surface area contributed by atoms with Crippen LogP contribution in [0.5, 0.6) is 5.88 Å². The fraction of sp³-hybridized carbons (Fsp3) is 0.294. The van der Waals surface area contributed by atoms with Gasteiger partial charge in [-0.25, -0.2) is 18.1 Å². The molecule has 0 aliphatic carbocycles. The first kappa shape index (κ1) is 17.4. The number of methoxy groups -OCH3 is 1. The lowest BCUT2D eigenvalue weighted by molar-refractivity contribution is 0.0658. The zero-order chi connectivity index (χ0) is 17.9. The number of benzene rings is 1. The maximum Gasteiger partial charge on any atom is 0.253 e. The molecule has 0 bridgehead atoms. The number of ether oxygens (including phenoxy) is 1. The third-order valence-electron chi connectivity index (χ3n) is 4.08. The van der Waals surface area contributed by atoms with Crippen molar-refractivity contribution in [3.05, 3.63) is 59.8 Å². The summed E-state index contributed by atoms with van der Waals surface area (Å²) >= 11 is 0. The summed E-state index contributed by atoms with van der Waals surface area (Å²) in [7, 11) is -1.97. The normalized spacial score (nSPS) is 14.8. The highest BCUT2D eigenvalue weighted by atomic mass is 32.2. The van der Waals surface area contributed by atoms with Crippen molar-refractivity contribution in [1.82, 2.24) is 14.6 Å². The third kappa shape index (κ3) is 3.97. The molecule has 3 rings (SSSR count). The summed E-state index contributed by atoms with van der Waals surface area (Å²) in [4.78, 5) is 17.8. The van der Waals surface area contributed by atoms with Gasteiger partial charge in [0, 0.05) is 37.5 Å². The first-order chi connectivity index (χ1) is 12.0. The van der Waals surface area contributed by atoms with Crippen LogP contribution in [0.15, 0.2) is 48.7 Å². The zero-order valence-electron chi connectivity index (χ0n) is 13.8. The van der Waals surface area contributed by atoms with Gasteiger partial charge in [0.1, 0.15) is 5.25 Å². The van der Waals surface area contributed by atoms with Crippen LogP contribution >= 0.6 is 0 Å². The van der Waals surface area contributed by atoms with Gasteiger partial charge in [0.15, 0.2) is 0 Å². The highest BCUT2D eigenvalue weighted by molar-refractivity contribution is 7.90. The highest BCUT2D eigenvalue weighted by Gasteiger charge is 2.39. The molecule has 1 aliphatic heterocycles. The molecule has 1 amide bonds. The summed E-state index contributed by atoms with van der Waals surface area (Å²) in [6.07, 6.45) is 1.56. The Morgan fingerprint density at radius 3 is 2.56 bits per heavy atom. The van der Waals surface area contributed by atoms with Crippen molar-refractivity contribution in [2.45, 2.75) is 11.8 Å². The fourth-order valence-corrected chi connectivity index (χ4v) is 3.86. The van der Waals surface area contributed by atoms with Crippen molar-refractivity contribution in [3.63, 3.8) is 0 Å². The molecule has 1 aromatic carbocycles. The molecule has 0 unspecified atom stereocenters. The van der Waals surface area contributed by atoms with Crippen molar-refractivity contribution in [1.29, 1.82) is 0 Å². The maximum absolute atomic E-state index is 12.3. The Morgan fingerprint density at radius 2 is 1.96 bits per heavy atom. The molecular formula is C17H19N3O4S. The summed E-state index contributed by atoms with van der Waals surface area (Å²) in [6.45, 7) is 0.552. The van der Waals surface area contributed by atoms with Gasteiger partial charge in [-0.2, -0.15) is 0 Å². The number of aromatic nitrogens is 1. The predicted octanol–water partition coefficient (Wildman–Crippen LogP) is 1.03. The van der Waals surface area contributed by atoms with Crippen LogP contribution in [0.2, 0.25) is 0 Å². The summed E-state index contributed by atoms with van der Waals surface area (Å²) in [6, 6.07) is 12.3. The SMILES string of the molecule is COc1ccc(CNS(=O)(=O)C2CN(C(=O)c3ccccc3)C2)cn1. The first-order valence-electron chi connectivity index (χ1n) is 7.81. The Hall–Kier alpha value is -2.45. The summed E-state index contributed by atoms with van der Waals surface area (Å²) < 4.78 is 32.2. The standard InChI is InChI=1S/C17H19N3O4S/c1-24-16-8-7-13(9-18-16)10-19-25(22,23)15-11-20(12-15)17(21)14-5-3-2-4-6-14/h2-9,15,19H,10-12H2,1H3. The Morgan fingerprint density at radius 1 is 1.24 bits per heavy atom. The predicted molar refractivity (Wildman–Crippen MR) is 92.7 cm³/mol. The van der Waals surface area contributed by atoms with Crippen molar-refractivity contribution in [2.24, 2.45) is 0 Å². The molecule has 2 heterocycles. The van der Waals surface area contributed by atoms with Crippen LogP contribution in [0.25, 0.3) is 0 Å². The molecule has 0 atom stereocenters. The molecular weight excluding hydrogens is 342 g/mol. The van der Waals surface area contributed by atoms with Gasteiger partial charge in [-0.1, -0.05) is 24.3 Å². The molecule has 2 aromatic rings. The van der Waals surface area contributed by atoms with Crippen molar-refractivity contribution >= 4 is 15.9 Å². The van der Waals surface area contributed by atoms with E-state index in [4.69, 9.17) is 4.74 Å². The Bertz CT molecular complexity index is 832. The van der Waals surface area contributed by atoms with Gasteiger partial charge >= 0.3 is 0 Å². The Labute approximate surface area is 146 Å². The number of amides is 1. The summed E-state index contributed by atoms with van der Waals surface area (Å²) in [5, 5.41) is -0.591. The first-order valence-corrected chi connectivity index (χ1v) is 9.36. The van der Waals surface area contributed by atoms with Gasteiger partial charge in [-0.3, -0.25) is 4.79 Å². The van der Waals surface area contributed by atoms with Gasteiger partial charge in [0.25, 0.3) is 5.91 Å². The summed E-state index contributed by atoms with van der Waals surface area (Å²) in [5.41, 5.74) is 1.30. The van der Waals surface area contributed by atoms with E-state index in [1.807, 2.05) is 6.07 Å². The molecule has 0 saturated carbocycles. The van der Waals surface area contributed by atoms with Crippen LogP contribution in [0.4, 0.5) is 0 Å². The highest BCUT2D eigenvalue weighted by Crippen LogP contribution is 2.19. The molecule has 0 radical (unpaired) electrons. The van der Waals surface area contributed by atoms with Crippen LogP contribution in [0.3, 0.4) is 0 Å². The van der Waals surface area contributed by atoms with E-state index in [9.17, 15) is 13.2 Å². The van der Waals surface area contributed by atoms with Crippen molar-refractivity contribution in [2.75, 3.05) is 20.2 Å². The second-order valence-corrected chi connectivity index (χ2v) is 7.82. The van der Waals surface area contributed by atoms with E-state index < -0.39 is 15.3 Å². The number of rotatable bonds is 6. The summed E-state index contributed by atoms with van der Waals surface area (Å²) in [5.74, 6) is 0.326. The Balaban J connectivity index is 1.53. The van der Waals surface area contributed by atoms with E-state index in [-0.39, 0.29) is 25.5 Å². The van der Waals surface area contributed by atoms with E-state index in [1.165, 1.54) is 12.0 Å². The van der Waals surface area contributed by atoms with Crippen molar-refractivity contribution in [3.8, 4) is 5.88 Å². The maximum atomic E-state index is 12.3. The number of nitrogens with one attached hydrogen (secondary N) is 1. The van der Waals surface area contributed by atoms with Crippen LogP contribution in [0, 0.1) is 0 Å². The van der Waals surface area contributed by atoms with Gasteiger partial charge in [-0.15, -0.1) is 0 Å². The fourth-order valence-electron chi connectivity index (χ4n) is 2.50. The minimum atomic E-state index is -3.49. The number of nitrogens with zero attached hydrogens (tertiary/aromatic N) is 2. The van der Waals surface area contributed by atoms with E-state index in [0.29, 0.717) is 11.4 Å². The largest absolute Gasteiger partial charge is 0.481 e. The second kappa shape index (κ2) is 7.20.